The summed E-state index contributed by atoms with van der Waals surface area (Å²) in [6, 6.07) is 10.00. The van der Waals surface area contributed by atoms with Crippen molar-refractivity contribution in [2.45, 2.75) is 0 Å². The van der Waals surface area contributed by atoms with E-state index < -0.39 is 0 Å². The maximum absolute atomic E-state index is 14.1. The monoisotopic (exact) mass is 254 g/mol. The highest BCUT2D eigenvalue weighted by atomic mass is 19.1. The Morgan fingerprint density at radius 3 is 2.63 bits per heavy atom. The standard InChI is InChI=1S/C14H11FN4/c15-10-5-3-8-2-1-7-18-13(8)12(10)9-4-6-11(16)19-14(9)17/h1-7H,(H4,16,17,19). The highest BCUT2D eigenvalue weighted by molar-refractivity contribution is 5.96. The average Bonchev–Trinajstić information content (AvgIpc) is 2.40. The first-order valence-electron chi connectivity index (χ1n) is 5.72. The number of anilines is 2. The molecule has 4 nitrogen and oxygen atoms in total. The summed E-state index contributed by atoms with van der Waals surface area (Å²) in [5.41, 5.74) is 12.8. The Labute approximate surface area is 108 Å². The van der Waals surface area contributed by atoms with Gasteiger partial charge >= 0.3 is 0 Å². The van der Waals surface area contributed by atoms with Crippen molar-refractivity contribution < 1.29 is 4.39 Å². The molecule has 0 unspecified atom stereocenters. The lowest BCUT2D eigenvalue weighted by atomic mass is 10.0. The minimum absolute atomic E-state index is 0.192. The number of hydrogen-bond acceptors (Lipinski definition) is 4. The Bertz CT molecular complexity index is 770. The van der Waals surface area contributed by atoms with Crippen LogP contribution in [0.2, 0.25) is 0 Å². The molecular formula is C14H11FN4. The maximum Gasteiger partial charge on any atom is 0.133 e. The van der Waals surface area contributed by atoms with Crippen LogP contribution in [0.3, 0.4) is 0 Å². The molecule has 19 heavy (non-hydrogen) atoms. The van der Waals surface area contributed by atoms with Gasteiger partial charge in [0.05, 0.1) is 5.52 Å². The summed E-state index contributed by atoms with van der Waals surface area (Å²) in [6.07, 6.45) is 1.62. The van der Waals surface area contributed by atoms with E-state index in [0.29, 0.717) is 22.5 Å². The minimum Gasteiger partial charge on any atom is -0.384 e. The van der Waals surface area contributed by atoms with Crippen molar-refractivity contribution >= 4 is 22.5 Å². The van der Waals surface area contributed by atoms with Crippen molar-refractivity contribution in [3.63, 3.8) is 0 Å². The fourth-order valence-corrected chi connectivity index (χ4v) is 2.08. The molecule has 0 aliphatic rings. The third-order valence-corrected chi connectivity index (χ3v) is 2.94. The maximum atomic E-state index is 14.1. The van der Waals surface area contributed by atoms with Crippen LogP contribution in [0.15, 0.2) is 42.6 Å². The molecule has 0 atom stereocenters. The second-order valence-corrected chi connectivity index (χ2v) is 4.17. The average molecular weight is 254 g/mol. The normalized spacial score (nSPS) is 10.8. The largest absolute Gasteiger partial charge is 0.384 e. The zero-order valence-electron chi connectivity index (χ0n) is 9.97. The number of fused-ring (bicyclic) bond motifs is 1. The zero-order chi connectivity index (χ0) is 13.4. The summed E-state index contributed by atoms with van der Waals surface area (Å²) >= 11 is 0. The number of halogens is 1. The van der Waals surface area contributed by atoms with Gasteiger partial charge in [-0.2, -0.15) is 0 Å². The quantitative estimate of drug-likeness (QED) is 0.699. The predicted octanol–water partition coefficient (Wildman–Crippen LogP) is 2.60. The Morgan fingerprint density at radius 1 is 1.00 bits per heavy atom. The van der Waals surface area contributed by atoms with E-state index in [2.05, 4.69) is 9.97 Å². The van der Waals surface area contributed by atoms with Gasteiger partial charge in [0.15, 0.2) is 0 Å². The van der Waals surface area contributed by atoms with Crippen LogP contribution in [-0.2, 0) is 0 Å². The molecule has 94 valence electrons. The Kier molecular flexibility index (Phi) is 2.52. The topological polar surface area (TPSA) is 77.8 Å². The van der Waals surface area contributed by atoms with Crippen molar-refractivity contribution in [1.29, 1.82) is 0 Å². The van der Waals surface area contributed by atoms with Gasteiger partial charge in [-0.3, -0.25) is 4.98 Å². The van der Waals surface area contributed by atoms with E-state index in [0.717, 1.165) is 5.39 Å². The molecule has 4 N–H and O–H groups in total. The molecule has 0 spiro atoms. The van der Waals surface area contributed by atoms with Gasteiger partial charge in [-0.1, -0.05) is 6.07 Å². The van der Waals surface area contributed by atoms with Gasteiger partial charge in [0, 0.05) is 22.7 Å². The van der Waals surface area contributed by atoms with Crippen molar-refractivity contribution in [3.8, 4) is 11.1 Å². The van der Waals surface area contributed by atoms with Crippen LogP contribution in [0.25, 0.3) is 22.0 Å². The van der Waals surface area contributed by atoms with E-state index in [1.165, 1.54) is 6.07 Å². The molecule has 0 bridgehead atoms. The Balaban J connectivity index is 2.38. The van der Waals surface area contributed by atoms with Gasteiger partial charge in [-0.05, 0) is 30.3 Å². The second-order valence-electron chi connectivity index (χ2n) is 4.17. The van der Waals surface area contributed by atoms with Crippen LogP contribution in [-0.4, -0.2) is 9.97 Å². The minimum atomic E-state index is -0.385. The molecule has 2 aromatic heterocycles. The summed E-state index contributed by atoms with van der Waals surface area (Å²) in [7, 11) is 0. The lowest BCUT2D eigenvalue weighted by molar-refractivity contribution is 0.632. The van der Waals surface area contributed by atoms with Crippen molar-refractivity contribution in [1.82, 2.24) is 9.97 Å². The molecule has 0 amide bonds. The zero-order valence-corrected chi connectivity index (χ0v) is 9.97. The lowest BCUT2D eigenvalue weighted by Crippen LogP contribution is -2.00. The summed E-state index contributed by atoms with van der Waals surface area (Å²) in [5, 5.41) is 0.843. The number of hydrogen-bond donors (Lipinski definition) is 2. The first-order valence-corrected chi connectivity index (χ1v) is 5.72. The Morgan fingerprint density at radius 2 is 1.84 bits per heavy atom. The number of pyridine rings is 2. The van der Waals surface area contributed by atoms with Crippen LogP contribution in [0.4, 0.5) is 16.0 Å². The molecule has 2 heterocycles. The molecule has 3 aromatic rings. The number of nitrogens with two attached hydrogens (primary N) is 2. The molecule has 0 fully saturated rings. The molecule has 5 heteroatoms. The van der Waals surface area contributed by atoms with Crippen molar-refractivity contribution in [2.75, 3.05) is 11.5 Å². The first-order chi connectivity index (χ1) is 9.16. The van der Waals surface area contributed by atoms with Crippen LogP contribution in [0, 0.1) is 5.82 Å². The first kappa shape index (κ1) is 11.4. The molecule has 0 radical (unpaired) electrons. The fraction of sp³-hybridized carbons (Fsp3) is 0. The van der Waals surface area contributed by atoms with Gasteiger partial charge in [0.1, 0.15) is 17.5 Å². The number of nitrogen functional groups attached to an aromatic ring is 2. The van der Waals surface area contributed by atoms with Crippen molar-refractivity contribution in [2.24, 2.45) is 0 Å². The van der Waals surface area contributed by atoms with Gasteiger partial charge in [0.25, 0.3) is 0 Å². The van der Waals surface area contributed by atoms with E-state index >= 15 is 0 Å². The van der Waals surface area contributed by atoms with Crippen LogP contribution in [0.5, 0.6) is 0 Å². The molecule has 0 saturated carbocycles. The van der Waals surface area contributed by atoms with Crippen molar-refractivity contribution in [3.05, 3.63) is 48.4 Å². The van der Waals surface area contributed by atoms with Gasteiger partial charge < -0.3 is 11.5 Å². The fourth-order valence-electron chi connectivity index (χ4n) is 2.08. The highest BCUT2D eigenvalue weighted by Crippen LogP contribution is 2.33. The summed E-state index contributed by atoms with van der Waals surface area (Å²) in [6.45, 7) is 0. The smallest absolute Gasteiger partial charge is 0.133 e. The van der Waals surface area contributed by atoms with E-state index in [9.17, 15) is 4.39 Å². The summed E-state index contributed by atoms with van der Waals surface area (Å²) < 4.78 is 14.1. The van der Waals surface area contributed by atoms with E-state index in [1.54, 1.807) is 30.5 Å². The number of nitrogens with zero attached hydrogens (tertiary/aromatic N) is 2. The number of rotatable bonds is 1. The number of benzene rings is 1. The van der Waals surface area contributed by atoms with Crippen LogP contribution in [0.1, 0.15) is 0 Å². The number of aromatic nitrogens is 2. The highest BCUT2D eigenvalue weighted by Gasteiger charge is 2.14. The molecule has 1 aromatic carbocycles. The van der Waals surface area contributed by atoms with E-state index in [-0.39, 0.29) is 11.6 Å². The Hall–Kier alpha value is -2.69. The third kappa shape index (κ3) is 1.85. The second kappa shape index (κ2) is 4.20. The molecule has 3 rings (SSSR count). The molecular weight excluding hydrogens is 243 g/mol. The van der Waals surface area contributed by atoms with Gasteiger partial charge in [-0.25, -0.2) is 9.37 Å². The molecule has 0 aliphatic heterocycles. The van der Waals surface area contributed by atoms with Gasteiger partial charge in [0.2, 0.25) is 0 Å². The van der Waals surface area contributed by atoms with Crippen LogP contribution >= 0.6 is 0 Å². The molecule has 0 saturated heterocycles. The third-order valence-electron chi connectivity index (χ3n) is 2.94. The summed E-state index contributed by atoms with van der Waals surface area (Å²) in [5.74, 6) is 0.108. The summed E-state index contributed by atoms with van der Waals surface area (Å²) in [4.78, 5) is 8.19. The lowest BCUT2D eigenvalue weighted by Gasteiger charge is -2.09. The van der Waals surface area contributed by atoms with E-state index in [4.69, 9.17) is 11.5 Å². The predicted molar refractivity (Wildman–Crippen MR) is 73.8 cm³/mol. The SMILES string of the molecule is Nc1ccc(-c2c(F)ccc3cccnc23)c(N)n1. The van der Waals surface area contributed by atoms with E-state index in [1.807, 2.05) is 6.07 Å². The van der Waals surface area contributed by atoms with Crippen LogP contribution < -0.4 is 11.5 Å². The molecule has 0 aliphatic carbocycles. The van der Waals surface area contributed by atoms with Gasteiger partial charge in [-0.15, -0.1) is 0 Å².